The van der Waals surface area contributed by atoms with Gasteiger partial charge in [0.1, 0.15) is 17.8 Å². The third-order valence-electron chi connectivity index (χ3n) is 2.67. The number of carbonyl (C=O) groups is 1. The average molecular weight is 297 g/mol. The molecule has 21 heavy (non-hydrogen) atoms. The molecule has 0 aromatic heterocycles. The first kappa shape index (κ1) is 17.1. The molecule has 0 aliphatic rings. The molecule has 0 aliphatic heterocycles. The summed E-state index contributed by atoms with van der Waals surface area (Å²) in [5, 5.41) is 22.3. The van der Waals surface area contributed by atoms with Crippen molar-refractivity contribution in [2.75, 3.05) is 18.0 Å². The molecule has 0 saturated carbocycles. The SMILES string of the molecule is CC(C)(C)OC(=O)NCC(O)C(O)c1ccc(N)c(N)c1. The second kappa shape index (κ2) is 6.64. The van der Waals surface area contributed by atoms with Gasteiger partial charge in [0.2, 0.25) is 0 Å². The molecule has 0 spiro atoms. The van der Waals surface area contributed by atoms with Crippen LogP contribution in [0, 0.1) is 0 Å². The van der Waals surface area contributed by atoms with Crippen LogP contribution in [0.1, 0.15) is 32.4 Å². The minimum absolute atomic E-state index is 0.152. The van der Waals surface area contributed by atoms with Crippen LogP contribution in [0.3, 0.4) is 0 Å². The number of nitrogen functional groups attached to an aromatic ring is 2. The van der Waals surface area contributed by atoms with E-state index in [-0.39, 0.29) is 6.54 Å². The first-order valence-electron chi connectivity index (χ1n) is 6.58. The summed E-state index contributed by atoms with van der Waals surface area (Å²) >= 11 is 0. The van der Waals surface area contributed by atoms with E-state index in [9.17, 15) is 15.0 Å². The molecule has 0 bridgehead atoms. The van der Waals surface area contributed by atoms with Crippen molar-refractivity contribution < 1.29 is 19.7 Å². The van der Waals surface area contributed by atoms with Gasteiger partial charge in [-0.2, -0.15) is 0 Å². The van der Waals surface area contributed by atoms with E-state index in [0.717, 1.165) is 0 Å². The Hall–Kier alpha value is -1.99. The van der Waals surface area contributed by atoms with E-state index < -0.39 is 23.9 Å². The maximum absolute atomic E-state index is 11.5. The first-order chi connectivity index (χ1) is 9.60. The summed E-state index contributed by atoms with van der Waals surface area (Å²) in [6.45, 7) is 5.04. The van der Waals surface area contributed by atoms with E-state index >= 15 is 0 Å². The van der Waals surface area contributed by atoms with Gasteiger partial charge in [-0.1, -0.05) is 6.07 Å². The van der Waals surface area contributed by atoms with Gasteiger partial charge in [-0.05, 0) is 38.5 Å². The number of nitrogens with two attached hydrogens (primary N) is 2. The molecule has 7 nitrogen and oxygen atoms in total. The molecule has 1 aromatic carbocycles. The monoisotopic (exact) mass is 297 g/mol. The molecule has 0 heterocycles. The topological polar surface area (TPSA) is 131 Å². The van der Waals surface area contributed by atoms with E-state index in [2.05, 4.69) is 5.32 Å². The summed E-state index contributed by atoms with van der Waals surface area (Å²) in [7, 11) is 0. The van der Waals surface area contributed by atoms with E-state index in [1.807, 2.05) is 0 Å². The molecule has 1 amide bonds. The van der Waals surface area contributed by atoms with Gasteiger partial charge in [0.05, 0.1) is 11.4 Å². The number of aliphatic hydroxyl groups is 2. The van der Waals surface area contributed by atoms with Gasteiger partial charge >= 0.3 is 6.09 Å². The quantitative estimate of drug-likeness (QED) is 0.522. The maximum atomic E-state index is 11.5. The molecule has 7 heteroatoms. The van der Waals surface area contributed by atoms with Crippen LogP contribution in [-0.2, 0) is 4.74 Å². The third-order valence-corrected chi connectivity index (χ3v) is 2.67. The first-order valence-corrected chi connectivity index (χ1v) is 6.58. The Bertz CT molecular complexity index is 499. The van der Waals surface area contributed by atoms with Crippen LogP contribution in [0.15, 0.2) is 18.2 Å². The minimum Gasteiger partial charge on any atom is -0.444 e. The van der Waals surface area contributed by atoms with E-state index in [1.54, 1.807) is 32.9 Å². The molecular weight excluding hydrogens is 274 g/mol. The van der Waals surface area contributed by atoms with Crippen LogP contribution in [-0.4, -0.2) is 34.6 Å². The Kier molecular flexibility index (Phi) is 5.40. The van der Waals surface area contributed by atoms with Crippen molar-refractivity contribution in [2.24, 2.45) is 0 Å². The highest BCUT2D eigenvalue weighted by Crippen LogP contribution is 2.23. The Balaban J connectivity index is 2.56. The van der Waals surface area contributed by atoms with Crippen molar-refractivity contribution >= 4 is 17.5 Å². The number of anilines is 2. The van der Waals surface area contributed by atoms with Crippen molar-refractivity contribution in [1.29, 1.82) is 0 Å². The molecule has 0 saturated heterocycles. The number of nitrogens with one attached hydrogen (secondary N) is 1. The van der Waals surface area contributed by atoms with Crippen molar-refractivity contribution in [3.8, 4) is 0 Å². The number of ether oxygens (including phenoxy) is 1. The number of hydrogen-bond donors (Lipinski definition) is 5. The summed E-state index contributed by atoms with van der Waals surface area (Å²) in [5.41, 5.74) is 11.7. The summed E-state index contributed by atoms with van der Waals surface area (Å²) in [6, 6.07) is 4.59. The number of alkyl carbamates (subject to hydrolysis) is 1. The summed E-state index contributed by atoms with van der Waals surface area (Å²) in [4.78, 5) is 11.5. The number of aliphatic hydroxyl groups excluding tert-OH is 2. The Labute approximate surface area is 123 Å². The molecular formula is C14H23N3O4. The van der Waals surface area contributed by atoms with Gasteiger partial charge in [0, 0.05) is 6.54 Å². The maximum Gasteiger partial charge on any atom is 0.407 e. The van der Waals surface area contributed by atoms with Crippen LogP contribution < -0.4 is 16.8 Å². The molecule has 118 valence electrons. The van der Waals surface area contributed by atoms with Crippen LogP contribution in [0.4, 0.5) is 16.2 Å². The third kappa shape index (κ3) is 5.49. The van der Waals surface area contributed by atoms with Crippen molar-refractivity contribution in [2.45, 2.75) is 38.6 Å². The van der Waals surface area contributed by atoms with Gasteiger partial charge in [-0.25, -0.2) is 4.79 Å². The number of hydrogen-bond acceptors (Lipinski definition) is 6. The lowest BCUT2D eigenvalue weighted by atomic mass is 10.0. The lowest BCUT2D eigenvalue weighted by Gasteiger charge is -2.22. The summed E-state index contributed by atoms with van der Waals surface area (Å²) in [6.07, 6.45) is -3.05. The van der Waals surface area contributed by atoms with Crippen LogP contribution in [0.2, 0.25) is 0 Å². The summed E-state index contributed by atoms with van der Waals surface area (Å²) < 4.78 is 5.03. The van der Waals surface area contributed by atoms with E-state index in [4.69, 9.17) is 16.2 Å². The highest BCUT2D eigenvalue weighted by molar-refractivity contribution is 5.67. The number of amides is 1. The van der Waals surface area contributed by atoms with Gasteiger partial charge in [0.15, 0.2) is 0 Å². The predicted molar refractivity (Wildman–Crippen MR) is 80.5 cm³/mol. The molecule has 1 rings (SSSR count). The molecule has 2 atom stereocenters. The highest BCUT2D eigenvalue weighted by Gasteiger charge is 2.21. The second-order valence-electron chi connectivity index (χ2n) is 5.78. The predicted octanol–water partition coefficient (Wildman–Crippen LogP) is 0.770. The molecule has 0 aliphatic carbocycles. The van der Waals surface area contributed by atoms with Gasteiger partial charge in [-0.15, -0.1) is 0 Å². The molecule has 2 unspecified atom stereocenters. The molecule has 7 N–H and O–H groups in total. The van der Waals surface area contributed by atoms with Gasteiger partial charge in [-0.3, -0.25) is 0 Å². The lowest BCUT2D eigenvalue weighted by molar-refractivity contribution is 0.0130. The zero-order valence-corrected chi connectivity index (χ0v) is 12.5. The van der Waals surface area contributed by atoms with Crippen molar-refractivity contribution in [3.05, 3.63) is 23.8 Å². The number of carbonyl (C=O) groups excluding carboxylic acids is 1. The fourth-order valence-corrected chi connectivity index (χ4v) is 1.61. The smallest absolute Gasteiger partial charge is 0.407 e. The fraction of sp³-hybridized carbons (Fsp3) is 0.500. The van der Waals surface area contributed by atoms with E-state index in [0.29, 0.717) is 16.9 Å². The standard InChI is InChI=1S/C14H23N3O4/c1-14(2,3)21-13(20)17-7-11(18)12(19)8-4-5-9(15)10(16)6-8/h4-6,11-12,18-19H,7,15-16H2,1-3H3,(H,17,20). The van der Waals surface area contributed by atoms with Crippen LogP contribution >= 0.6 is 0 Å². The second-order valence-corrected chi connectivity index (χ2v) is 5.78. The fourth-order valence-electron chi connectivity index (χ4n) is 1.61. The lowest BCUT2D eigenvalue weighted by Crippen LogP contribution is -2.38. The number of benzene rings is 1. The number of rotatable bonds is 4. The Morgan fingerprint density at radius 2 is 1.90 bits per heavy atom. The van der Waals surface area contributed by atoms with Crippen molar-refractivity contribution in [3.63, 3.8) is 0 Å². The summed E-state index contributed by atoms with van der Waals surface area (Å²) in [5.74, 6) is 0. The molecule has 0 radical (unpaired) electrons. The normalized spacial score (nSPS) is 14.3. The van der Waals surface area contributed by atoms with Crippen LogP contribution in [0.25, 0.3) is 0 Å². The minimum atomic E-state index is -1.19. The average Bonchev–Trinajstić information content (AvgIpc) is 2.36. The van der Waals surface area contributed by atoms with Crippen molar-refractivity contribution in [1.82, 2.24) is 5.32 Å². The van der Waals surface area contributed by atoms with Gasteiger partial charge < -0.3 is 31.7 Å². The zero-order chi connectivity index (χ0) is 16.2. The highest BCUT2D eigenvalue weighted by atomic mass is 16.6. The molecule has 0 fully saturated rings. The Morgan fingerprint density at radius 1 is 1.29 bits per heavy atom. The van der Waals surface area contributed by atoms with E-state index in [1.165, 1.54) is 6.07 Å². The zero-order valence-electron chi connectivity index (χ0n) is 12.5. The molecule has 1 aromatic rings. The van der Waals surface area contributed by atoms with Gasteiger partial charge in [0.25, 0.3) is 0 Å². The Morgan fingerprint density at radius 3 is 2.43 bits per heavy atom. The van der Waals surface area contributed by atoms with Crippen LogP contribution in [0.5, 0.6) is 0 Å². The largest absolute Gasteiger partial charge is 0.444 e.